The number of hydrogen-bond donors (Lipinski definition) is 2. The third-order valence-corrected chi connectivity index (χ3v) is 2.72. The molecule has 15 heavy (non-hydrogen) atoms. The molecule has 0 spiro atoms. The van der Waals surface area contributed by atoms with Crippen molar-refractivity contribution in [3.63, 3.8) is 0 Å². The van der Waals surface area contributed by atoms with Crippen LogP contribution < -0.4 is 11.1 Å². The second-order valence-electron chi connectivity index (χ2n) is 3.49. The lowest BCUT2D eigenvalue weighted by atomic mass is 10.3. The Kier molecular flexibility index (Phi) is 2.90. The van der Waals surface area contributed by atoms with Gasteiger partial charge in [-0.05, 0) is 47.0 Å². The molecule has 0 radical (unpaired) electrons. The zero-order valence-corrected chi connectivity index (χ0v) is 9.59. The van der Waals surface area contributed by atoms with Gasteiger partial charge in [-0.25, -0.2) is 9.38 Å². The first-order valence-corrected chi connectivity index (χ1v) is 5.50. The summed E-state index contributed by atoms with van der Waals surface area (Å²) in [4.78, 5) is 4.22. The van der Waals surface area contributed by atoms with Crippen LogP contribution >= 0.6 is 15.9 Å². The van der Waals surface area contributed by atoms with Gasteiger partial charge in [-0.2, -0.15) is 0 Å². The number of halogens is 2. The molecule has 0 aromatic heterocycles. The zero-order valence-electron chi connectivity index (χ0n) is 8.00. The Labute approximate surface area is 95.7 Å². The van der Waals surface area contributed by atoms with Crippen LogP contribution in [0.5, 0.6) is 0 Å². The molecule has 1 aliphatic rings. The van der Waals surface area contributed by atoms with Gasteiger partial charge in [0, 0.05) is 4.47 Å². The summed E-state index contributed by atoms with van der Waals surface area (Å²) in [5.41, 5.74) is 6.40. The molecule has 3 nitrogen and oxygen atoms in total. The van der Waals surface area contributed by atoms with Gasteiger partial charge in [0.05, 0.1) is 11.7 Å². The van der Waals surface area contributed by atoms with Crippen molar-refractivity contribution in [3.8, 4) is 0 Å². The van der Waals surface area contributed by atoms with E-state index in [4.69, 9.17) is 5.73 Å². The number of anilines is 1. The first-order chi connectivity index (χ1) is 7.15. The molecule has 0 amide bonds. The van der Waals surface area contributed by atoms with E-state index in [1.54, 1.807) is 6.07 Å². The summed E-state index contributed by atoms with van der Waals surface area (Å²) >= 11 is 3.24. The van der Waals surface area contributed by atoms with E-state index in [2.05, 4.69) is 26.2 Å². The van der Waals surface area contributed by atoms with Gasteiger partial charge in [0.1, 0.15) is 5.82 Å². The van der Waals surface area contributed by atoms with E-state index in [1.807, 2.05) is 0 Å². The Morgan fingerprint density at radius 1 is 1.53 bits per heavy atom. The van der Waals surface area contributed by atoms with Gasteiger partial charge in [0.15, 0.2) is 5.96 Å². The molecular formula is C10H11BrFN3. The van der Waals surface area contributed by atoms with Crippen LogP contribution in [0.3, 0.4) is 0 Å². The molecule has 1 fully saturated rings. The van der Waals surface area contributed by atoms with Crippen molar-refractivity contribution in [1.82, 2.24) is 0 Å². The molecule has 0 saturated heterocycles. The van der Waals surface area contributed by atoms with E-state index in [0.29, 0.717) is 16.5 Å². The van der Waals surface area contributed by atoms with E-state index in [1.165, 1.54) is 12.1 Å². The van der Waals surface area contributed by atoms with Gasteiger partial charge < -0.3 is 11.1 Å². The molecule has 1 aromatic rings. The van der Waals surface area contributed by atoms with Gasteiger partial charge >= 0.3 is 0 Å². The topological polar surface area (TPSA) is 50.4 Å². The molecule has 0 atom stereocenters. The molecule has 80 valence electrons. The molecule has 3 N–H and O–H groups in total. The Morgan fingerprint density at radius 3 is 2.87 bits per heavy atom. The molecule has 1 aliphatic carbocycles. The minimum absolute atomic E-state index is 0.287. The Bertz CT molecular complexity index is 402. The average Bonchev–Trinajstić information content (AvgIpc) is 2.94. The van der Waals surface area contributed by atoms with Crippen LogP contribution in [0, 0.1) is 5.82 Å². The minimum Gasteiger partial charge on any atom is -0.370 e. The van der Waals surface area contributed by atoms with E-state index in [0.717, 1.165) is 18.5 Å². The zero-order chi connectivity index (χ0) is 10.8. The molecule has 5 heteroatoms. The lowest BCUT2D eigenvalue weighted by molar-refractivity contribution is 0.627. The summed E-state index contributed by atoms with van der Waals surface area (Å²) in [5, 5.41) is 2.92. The lowest BCUT2D eigenvalue weighted by Gasteiger charge is -2.07. The molecular weight excluding hydrogens is 261 g/mol. The first kappa shape index (κ1) is 10.4. The molecule has 0 bridgehead atoms. The van der Waals surface area contributed by atoms with Crippen molar-refractivity contribution in [2.45, 2.75) is 18.9 Å². The summed E-state index contributed by atoms with van der Waals surface area (Å²) in [5.74, 6) is 0.0925. The SMILES string of the molecule is NC(=NC1CC1)Nc1ccc(F)cc1Br. The number of nitrogens with two attached hydrogens (primary N) is 1. The van der Waals surface area contributed by atoms with Crippen molar-refractivity contribution in [3.05, 3.63) is 28.5 Å². The number of nitrogens with one attached hydrogen (secondary N) is 1. The van der Waals surface area contributed by atoms with Crippen molar-refractivity contribution in [2.24, 2.45) is 10.7 Å². The van der Waals surface area contributed by atoms with Crippen molar-refractivity contribution < 1.29 is 4.39 Å². The van der Waals surface area contributed by atoms with Crippen molar-refractivity contribution in [1.29, 1.82) is 0 Å². The third kappa shape index (κ3) is 2.92. The third-order valence-electron chi connectivity index (χ3n) is 2.06. The van der Waals surface area contributed by atoms with E-state index < -0.39 is 0 Å². The number of guanidine groups is 1. The number of rotatable bonds is 2. The summed E-state index contributed by atoms with van der Waals surface area (Å²) < 4.78 is 13.4. The fourth-order valence-electron chi connectivity index (χ4n) is 1.16. The fourth-order valence-corrected chi connectivity index (χ4v) is 1.61. The highest BCUT2D eigenvalue weighted by molar-refractivity contribution is 9.10. The smallest absolute Gasteiger partial charge is 0.193 e. The number of hydrogen-bond acceptors (Lipinski definition) is 1. The highest BCUT2D eigenvalue weighted by Gasteiger charge is 2.20. The van der Waals surface area contributed by atoms with Gasteiger partial charge in [-0.15, -0.1) is 0 Å². The molecule has 0 unspecified atom stereocenters. The second-order valence-corrected chi connectivity index (χ2v) is 4.35. The first-order valence-electron chi connectivity index (χ1n) is 4.70. The van der Waals surface area contributed by atoms with Crippen LogP contribution in [0.15, 0.2) is 27.7 Å². The van der Waals surface area contributed by atoms with Crippen LogP contribution in [-0.2, 0) is 0 Å². The fraction of sp³-hybridized carbons (Fsp3) is 0.300. The minimum atomic E-state index is -0.287. The van der Waals surface area contributed by atoms with Crippen LogP contribution in [-0.4, -0.2) is 12.0 Å². The van der Waals surface area contributed by atoms with Crippen molar-refractivity contribution >= 4 is 27.6 Å². The summed E-state index contributed by atoms with van der Waals surface area (Å²) in [6.07, 6.45) is 2.21. The van der Waals surface area contributed by atoms with Gasteiger partial charge in [0.25, 0.3) is 0 Å². The van der Waals surface area contributed by atoms with Gasteiger partial charge in [0.2, 0.25) is 0 Å². The van der Waals surface area contributed by atoms with Crippen LogP contribution in [0.4, 0.5) is 10.1 Å². The average molecular weight is 272 g/mol. The highest BCUT2D eigenvalue weighted by atomic mass is 79.9. The maximum atomic E-state index is 12.8. The molecule has 0 heterocycles. The maximum Gasteiger partial charge on any atom is 0.193 e. The molecule has 0 aliphatic heterocycles. The number of nitrogens with zero attached hydrogens (tertiary/aromatic N) is 1. The molecule has 2 rings (SSSR count). The predicted octanol–water partition coefficient (Wildman–Crippen LogP) is 2.48. The molecule has 1 aromatic carbocycles. The lowest BCUT2D eigenvalue weighted by Crippen LogP contribution is -2.23. The standard InChI is InChI=1S/C10H11BrFN3/c11-8-5-6(12)1-4-9(8)15-10(13)14-7-2-3-7/h1,4-5,7H,2-3H2,(H3,13,14,15). The second kappa shape index (κ2) is 4.18. The van der Waals surface area contributed by atoms with Crippen LogP contribution in [0.1, 0.15) is 12.8 Å². The summed E-state index contributed by atoms with van der Waals surface area (Å²) in [6, 6.07) is 4.75. The Morgan fingerprint density at radius 2 is 2.27 bits per heavy atom. The number of benzene rings is 1. The Balaban J connectivity index is 2.09. The normalized spacial score (nSPS) is 16.5. The van der Waals surface area contributed by atoms with Gasteiger partial charge in [-0.3, -0.25) is 0 Å². The van der Waals surface area contributed by atoms with Crippen molar-refractivity contribution in [2.75, 3.05) is 5.32 Å². The number of aliphatic imine (C=N–C) groups is 1. The van der Waals surface area contributed by atoms with E-state index >= 15 is 0 Å². The summed E-state index contributed by atoms with van der Waals surface area (Å²) in [6.45, 7) is 0. The van der Waals surface area contributed by atoms with Crippen LogP contribution in [0.2, 0.25) is 0 Å². The quantitative estimate of drug-likeness (QED) is 0.642. The summed E-state index contributed by atoms with van der Waals surface area (Å²) in [7, 11) is 0. The van der Waals surface area contributed by atoms with E-state index in [9.17, 15) is 4.39 Å². The maximum absolute atomic E-state index is 12.8. The monoisotopic (exact) mass is 271 g/mol. The predicted molar refractivity (Wildman–Crippen MR) is 62.4 cm³/mol. The van der Waals surface area contributed by atoms with Gasteiger partial charge in [-0.1, -0.05) is 0 Å². The Hall–Kier alpha value is -1.10. The largest absolute Gasteiger partial charge is 0.370 e. The van der Waals surface area contributed by atoms with Crippen LogP contribution in [0.25, 0.3) is 0 Å². The highest BCUT2D eigenvalue weighted by Crippen LogP contribution is 2.25. The van der Waals surface area contributed by atoms with E-state index in [-0.39, 0.29) is 5.82 Å². The molecule has 1 saturated carbocycles.